The second kappa shape index (κ2) is 5.13. The standard InChI is InChI=1S/C14H10BrFN4/c1-9-14(19-18-12-5-3-11(16)4-6-12)20-8-10(15)2-7-13(20)17-9/h2-8H,1H3. The van der Waals surface area contributed by atoms with Crippen molar-refractivity contribution < 1.29 is 4.39 Å². The van der Waals surface area contributed by atoms with Crippen molar-refractivity contribution in [3.8, 4) is 0 Å². The molecule has 0 fully saturated rings. The van der Waals surface area contributed by atoms with E-state index in [1.807, 2.05) is 29.7 Å². The smallest absolute Gasteiger partial charge is 0.182 e. The van der Waals surface area contributed by atoms with E-state index in [9.17, 15) is 4.39 Å². The van der Waals surface area contributed by atoms with Gasteiger partial charge in [0.2, 0.25) is 0 Å². The Morgan fingerprint density at radius 2 is 1.85 bits per heavy atom. The third kappa shape index (κ3) is 2.46. The molecule has 0 aliphatic heterocycles. The number of hydrogen-bond donors (Lipinski definition) is 0. The Balaban J connectivity index is 2.03. The zero-order valence-corrected chi connectivity index (χ0v) is 12.2. The van der Waals surface area contributed by atoms with Gasteiger partial charge in [0.05, 0.1) is 11.4 Å². The maximum atomic E-state index is 12.8. The third-order valence-electron chi connectivity index (χ3n) is 2.81. The highest BCUT2D eigenvalue weighted by molar-refractivity contribution is 9.10. The van der Waals surface area contributed by atoms with Crippen LogP contribution in [0.5, 0.6) is 0 Å². The van der Waals surface area contributed by atoms with Crippen LogP contribution in [0.4, 0.5) is 15.9 Å². The van der Waals surface area contributed by atoms with Crippen molar-refractivity contribution >= 4 is 33.1 Å². The van der Waals surface area contributed by atoms with Gasteiger partial charge in [0.15, 0.2) is 5.82 Å². The minimum atomic E-state index is -0.293. The van der Waals surface area contributed by atoms with Gasteiger partial charge in [-0.15, -0.1) is 10.2 Å². The summed E-state index contributed by atoms with van der Waals surface area (Å²) in [4.78, 5) is 4.41. The molecular formula is C14H10BrFN4. The quantitative estimate of drug-likeness (QED) is 0.611. The SMILES string of the molecule is Cc1nc2ccc(Br)cn2c1N=Nc1ccc(F)cc1. The number of aryl methyl sites for hydroxylation is 1. The first-order valence-electron chi connectivity index (χ1n) is 5.95. The van der Waals surface area contributed by atoms with E-state index in [-0.39, 0.29) is 5.82 Å². The lowest BCUT2D eigenvalue weighted by atomic mass is 10.3. The molecule has 3 aromatic rings. The molecule has 0 bridgehead atoms. The Bertz CT molecular complexity index is 793. The molecule has 20 heavy (non-hydrogen) atoms. The molecule has 0 aliphatic carbocycles. The highest BCUT2D eigenvalue weighted by atomic mass is 79.9. The van der Waals surface area contributed by atoms with Crippen LogP contribution in [0.1, 0.15) is 5.69 Å². The minimum Gasteiger partial charge on any atom is -0.282 e. The summed E-state index contributed by atoms with van der Waals surface area (Å²) in [5.74, 6) is 0.365. The molecule has 3 rings (SSSR count). The van der Waals surface area contributed by atoms with Gasteiger partial charge in [-0.05, 0) is 59.3 Å². The van der Waals surface area contributed by atoms with Gasteiger partial charge < -0.3 is 0 Å². The van der Waals surface area contributed by atoms with Gasteiger partial charge in [0.1, 0.15) is 11.5 Å². The largest absolute Gasteiger partial charge is 0.282 e. The summed E-state index contributed by atoms with van der Waals surface area (Å²) in [5.41, 5.74) is 2.18. The number of imidazole rings is 1. The van der Waals surface area contributed by atoms with Crippen LogP contribution in [0.15, 0.2) is 57.3 Å². The van der Waals surface area contributed by atoms with Gasteiger partial charge >= 0.3 is 0 Å². The maximum absolute atomic E-state index is 12.8. The van der Waals surface area contributed by atoms with E-state index in [0.717, 1.165) is 15.8 Å². The molecule has 0 aliphatic rings. The summed E-state index contributed by atoms with van der Waals surface area (Å²) < 4.78 is 15.6. The van der Waals surface area contributed by atoms with Gasteiger partial charge in [0, 0.05) is 10.7 Å². The zero-order valence-electron chi connectivity index (χ0n) is 10.6. The summed E-state index contributed by atoms with van der Waals surface area (Å²) in [6.45, 7) is 1.87. The summed E-state index contributed by atoms with van der Waals surface area (Å²) in [6.07, 6.45) is 1.88. The van der Waals surface area contributed by atoms with Gasteiger partial charge in [-0.1, -0.05) is 0 Å². The molecule has 0 unspecified atom stereocenters. The van der Waals surface area contributed by atoms with E-state index in [1.165, 1.54) is 12.1 Å². The minimum absolute atomic E-state index is 0.293. The number of hydrogen-bond acceptors (Lipinski definition) is 3. The Labute approximate surface area is 123 Å². The van der Waals surface area contributed by atoms with Crippen LogP contribution in [-0.4, -0.2) is 9.38 Å². The Kier molecular flexibility index (Phi) is 3.31. The van der Waals surface area contributed by atoms with Crippen LogP contribution in [0.2, 0.25) is 0 Å². The average molecular weight is 333 g/mol. The van der Waals surface area contributed by atoms with E-state index >= 15 is 0 Å². The molecule has 2 aromatic heterocycles. The normalized spacial score (nSPS) is 11.6. The Morgan fingerprint density at radius 3 is 2.60 bits per heavy atom. The van der Waals surface area contributed by atoms with Gasteiger partial charge in [-0.2, -0.15) is 0 Å². The molecule has 4 nitrogen and oxygen atoms in total. The van der Waals surface area contributed by atoms with Gasteiger partial charge in [-0.3, -0.25) is 4.40 Å². The first-order chi connectivity index (χ1) is 9.63. The number of rotatable bonds is 2. The molecule has 0 N–H and O–H groups in total. The van der Waals surface area contributed by atoms with E-state index < -0.39 is 0 Å². The lowest BCUT2D eigenvalue weighted by Crippen LogP contribution is -1.82. The van der Waals surface area contributed by atoms with Gasteiger partial charge in [0.25, 0.3) is 0 Å². The fourth-order valence-corrected chi connectivity index (χ4v) is 2.19. The molecule has 0 amide bonds. The predicted octanol–water partition coefficient (Wildman–Crippen LogP) is 4.96. The number of halogens is 2. The molecule has 0 radical (unpaired) electrons. The summed E-state index contributed by atoms with van der Waals surface area (Å²) in [5, 5.41) is 8.33. The van der Waals surface area contributed by atoms with E-state index in [2.05, 4.69) is 31.1 Å². The van der Waals surface area contributed by atoms with Crippen molar-refractivity contribution in [3.63, 3.8) is 0 Å². The fraction of sp³-hybridized carbons (Fsp3) is 0.0714. The Morgan fingerprint density at radius 1 is 1.10 bits per heavy atom. The van der Waals surface area contributed by atoms with Crippen LogP contribution in [0.25, 0.3) is 5.65 Å². The van der Waals surface area contributed by atoms with E-state index in [4.69, 9.17) is 0 Å². The summed E-state index contributed by atoms with van der Waals surface area (Å²) in [6, 6.07) is 9.68. The first kappa shape index (κ1) is 12.9. The van der Waals surface area contributed by atoms with Gasteiger partial charge in [-0.25, -0.2) is 9.37 Å². The molecule has 1 aromatic carbocycles. The lowest BCUT2D eigenvalue weighted by molar-refractivity contribution is 0.628. The third-order valence-corrected chi connectivity index (χ3v) is 3.28. The molecule has 0 spiro atoms. The monoisotopic (exact) mass is 332 g/mol. The van der Waals surface area contributed by atoms with E-state index in [0.29, 0.717) is 11.5 Å². The van der Waals surface area contributed by atoms with Crippen molar-refractivity contribution in [2.45, 2.75) is 6.92 Å². The van der Waals surface area contributed by atoms with Crippen molar-refractivity contribution in [2.75, 3.05) is 0 Å². The van der Waals surface area contributed by atoms with Crippen molar-refractivity contribution in [2.24, 2.45) is 10.2 Å². The number of pyridine rings is 1. The fourth-order valence-electron chi connectivity index (χ4n) is 1.86. The molecule has 2 heterocycles. The topological polar surface area (TPSA) is 42.0 Å². The first-order valence-corrected chi connectivity index (χ1v) is 6.74. The lowest BCUT2D eigenvalue weighted by Gasteiger charge is -1.97. The number of aromatic nitrogens is 2. The summed E-state index contributed by atoms with van der Waals surface area (Å²) in [7, 11) is 0. The molecule has 0 saturated heterocycles. The van der Waals surface area contributed by atoms with Crippen LogP contribution >= 0.6 is 15.9 Å². The number of azo groups is 1. The Hall–Kier alpha value is -2.08. The molecule has 100 valence electrons. The van der Waals surface area contributed by atoms with Crippen molar-refractivity contribution in [1.82, 2.24) is 9.38 Å². The predicted molar refractivity (Wildman–Crippen MR) is 78.2 cm³/mol. The highest BCUT2D eigenvalue weighted by Crippen LogP contribution is 2.25. The molecular weight excluding hydrogens is 323 g/mol. The second-order valence-corrected chi connectivity index (χ2v) is 5.19. The van der Waals surface area contributed by atoms with Crippen molar-refractivity contribution in [1.29, 1.82) is 0 Å². The second-order valence-electron chi connectivity index (χ2n) is 4.27. The average Bonchev–Trinajstić information content (AvgIpc) is 2.73. The highest BCUT2D eigenvalue weighted by Gasteiger charge is 2.08. The number of nitrogens with zero attached hydrogens (tertiary/aromatic N) is 4. The van der Waals surface area contributed by atoms with Crippen LogP contribution in [0, 0.1) is 12.7 Å². The molecule has 6 heteroatoms. The van der Waals surface area contributed by atoms with Crippen LogP contribution < -0.4 is 0 Å². The number of fused-ring (bicyclic) bond motifs is 1. The van der Waals surface area contributed by atoms with Crippen molar-refractivity contribution in [3.05, 3.63) is 58.6 Å². The maximum Gasteiger partial charge on any atom is 0.182 e. The molecule has 0 atom stereocenters. The summed E-state index contributed by atoms with van der Waals surface area (Å²) >= 11 is 3.42. The number of benzene rings is 1. The van der Waals surface area contributed by atoms with E-state index in [1.54, 1.807) is 12.1 Å². The molecule has 0 saturated carbocycles. The van der Waals surface area contributed by atoms with Crippen LogP contribution in [-0.2, 0) is 0 Å². The zero-order chi connectivity index (χ0) is 14.1. The van der Waals surface area contributed by atoms with Crippen LogP contribution in [0.3, 0.4) is 0 Å².